The number of carbonyl (C=O) groups excluding carboxylic acids is 1. The lowest BCUT2D eigenvalue weighted by atomic mass is 10.1. The molecule has 1 aliphatic heterocycles. The predicted octanol–water partition coefficient (Wildman–Crippen LogP) is 4.88. The Morgan fingerprint density at radius 3 is 2.62 bits per heavy atom. The predicted molar refractivity (Wildman–Crippen MR) is 108 cm³/mol. The summed E-state index contributed by atoms with van der Waals surface area (Å²) in [7, 11) is 1.69. The molecule has 0 aliphatic carbocycles. The fraction of sp³-hybridized carbons (Fsp3) is 0.143. The van der Waals surface area contributed by atoms with Crippen LogP contribution in [0.25, 0.3) is 6.08 Å². The molecule has 0 bridgehead atoms. The van der Waals surface area contributed by atoms with Crippen molar-refractivity contribution in [3.05, 3.63) is 76.2 Å². The Labute approximate surface area is 157 Å². The van der Waals surface area contributed by atoms with Gasteiger partial charge in [0.05, 0.1) is 4.91 Å². The summed E-state index contributed by atoms with van der Waals surface area (Å²) in [5.41, 5.74) is 3.48. The lowest BCUT2D eigenvalue weighted by Crippen LogP contribution is -2.23. The van der Waals surface area contributed by atoms with E-state index in [4.69, 9.17) is 0 Å². The van der Waals surface area contributed by atoms with E-state index in [0.29, 0.717) is 15.8 Å². The van der Waals surface area contributed by atoms with Crippen LogP contribution < -0.4 is 0 Å². The summed E-state index contributed by atoms with van der Waals surface area (Å²) in [6.07, 6.45) is 3.90. The molecule has 1 fully saturated rings. The topological polar surface area (TPSA) is 52.9 Å². The summed E-state index contributed by atoms with van der Waals surface area (Å²) in [5.74, 6) is 0.0118. The van der Waals surface area contributed by atoms with Crippen LogP contribution in [0.2, 0.25) is 0 Å². The molecular weight excluding hydrogens is 344 g/mol. The van der Waals surface area contributed by atoms with Gasteiger partial charge in [-0.15, -0.1) is 0 Å². The molecule has 132 valence electrons. The third-order valence-corrected chi connectivity index (χ3v) is 4.96. The zero-order valence-corrected chi connectivity index (χ0v) is 15.7. The first-order valence-electron chi connectivity index (χ1n) is 8.23. The molecule has 5 heteroatoms. The van der Waals surface area contributed by atoms with Crippen molar-refractivity contribution >= 4 is 34.6 Å². The lowest BCUT2D eigenvalue weighted by Gasteiger charge is -2.08. The van der Waals surface area contributed by atoms with Crippen molar-refractivity contribution in [3.63, 3.8) is 0 Å². The first-order chi connectivity index (χ1) is 12.4. The zero-order chi connectivity index (χ0) is 18.7. The molecule has 1 amide bonds. The van der Waals surface area contributed by atoms with E-state index in [1.807, 2.05) is 62.4 Å². The number of hydrogen-bond acceptors (Lipinski definition) is 4. The van der Waals surface area contributed by atoms with Crippen LogP contribution in [0.5, 0.6) is 5.75 Å². The van der Waals surface area contributed by atoms with Crippen LogP contribution in [-0.4, -0.2) is 28.1 Å². The molecule has 0 aromatic heterocycles. The van der Waals surface area contributed by atoms with Gasteiger partial charge in [-0.1, -0.05) is 42.5 Å². The normalized spacial score (nSPS) is 18.2. The molecule has 4 nitrogen and oxygen atoms in total. The monoisotopic (exact) mass is 364 g/mol. The van der Waals surface area contributed by atoms with Gasteiger partial charge in [-0.2, -0.15) is 0 Å². The van der Waals surface area contributed by atoms with Crippen LogP contribution in [0.15, 0.2) is 70.1 Å². The number of allylic oxidation sites excluding steroid dienone is 2. The molecule has 1 aliphatic rings. The highest BCUT2D eigenvalue weighted by molar-refractivity contribution is 8.18. The Morgan fingerprint density at radius 2 is 1.92 bits per heavy atom. The molecule has 0 atom stereocenters. The van der Waals surface area contributed by atoms with Crippen molar-refractivity contribution in [1.82, 2.24) is 4.90 Å². The number of amidine groups is 1. The maximum absolute atomic E-state index is 12.5. The van der Waals surface area contributed by atoms with E-state index in [2.05, 4.69) is 4.99 Å². The van der Waals surface area contributed by atoms with E-state index in [1.54, 1.807) is 19.2 Å². The zero-order valence-electron chi connectivity index (χ0n) is 14.9. The van der Waals surface area contributed by atoms with Gasteiger partial charge in [0.2, 0.25) is 0 Å². The van der Waals surface area contributed by atoms with E-state index < -0.39 is 0 Å². The molecule has 1 heterocycles. The number of hydrogen-bond donors (Lipinski definition) is 1. The second-order valence-electron chi connectivity index (χ2n) is 6.16. The third kappa shape index (κ3) is 4.06. The summed E-state index contributed by atoms with van der Waals surface area (Å²) in [4.78, 5) is 19.1. The molecule has 0 saturated carbocycles. The number of likely N-dealkylation sites (N-methyl/N-ethyl adjacent to an activating group) is 1. The van der Waals surface area contributed by atoms with Gasteiger partial charge in [-0.05, 0) is 60.5 Å². The van der Waals surface area contributed by atoms with E-state index >= 15 is 0 Å². The Balaban J connectivity index is 1.86. The maximum Gasteiger partial charge on any atom is 0.266 e. The number of aryl methyl sites for hydroxylation is 1. The number of phenolic OH excluding ortho intramolecular Hbond substituents is 1. The van der Waals surface area contributed by atoms with Crippen molar-refractivity contribution < 1.29 is 9.90 Å². The van der Waals surface area contributed by atoms with Gasteiger partial charge in [0.15, 0.2) is 5.17 Å². The Morgan fingerprint density at radius 1 is 1.19 bits per heavy atom. The van der Waals surface area contributed by atoms with Gasteiger partial charge in [0, 0.05) is 7.05 Å². The maximum atomic E-state index is 12.5. The van der Waals surface area contributed by atoms with Crippen LogP contribution in [0.1, 0.15) is 18.1 Å². The number of aliphatic imine (C=N–C) groups is 1. The minimum Gasteiger partial charge on any atom is -0.506 e. The highest BCUT2D eigenvalue weighted by Gasteiger charge is 2.30. The van der Waals surface area contributed by atoms with Gasteiger partial charge in [-0.25, -0.2) is 4.99 Å². The minimum atomic E-state index is -0.0961. The number of nitrogens with zero attached hydrogens (tertiary/aromatic N) is 2. The fourth-order valence-corrected chi connectivity index (χ4v) is 3.57. The molecule has 2 aromatic carbocycles. The van der Waals surface area contributed by atoms with E-state index in [-0.39, 0.29) is 11.7 Å². The molecule has 2 aromatic rings. The van der Waals surface area contributed by atoms with Crippen molar-refractivity contribution in [1.29, 1.82) is 0 Å². The number of phenols is 1. The molecule has 3 rings (SSSR count). The smallest absolute Gasteiger partial charge is 0.266 e. The van der Waals surface area contributed by atoms with Crippen LogP contribution in [0.4, 0.5) is 5.69 Å². The van der Waals surface area contributed by atoms with Crippen molar-refractivity contribution in [3.8, 4) is 5.75 Å². The van der Waals surface area contributed by atoms with Gasteiger partial charge in [0.25, 0.3) is 5.91 Å². The first kappa shape index (κ1) is 18.0. The molecule has 0 unspecified atom stereocenters. The van der Waals surface area contributed by atoms with Crippen LogP contribution in [0.3, 0.4) is 0 Å². The summed E-state index contributed by atoms with van der Waals surface area (Å²) in [6.45, 7) is 3.87. The standard InChI is InChI=1S/C21H20N2O2S/c1-14-9-10-17(18(24)12-14)22-21-23(3)20(25)19(26-21)13-15(2)11-16-7-5-4-6-8-16/h4-13,24H,1-3H3/b15-11+,19-13-,22-21?. The van der Waals surface area contributed by atoms with Gasteiger partial charge in [-0.3, -0.25) is 9.69 Å². The molecular formula is C21H20N2O2S. The third-order valence-electron chi connectivity index (χ3n) is 3.90. The number of aromatic hydroxyl groups is 1. The summed E-state index contributed by atoms with van der Waals surface area (Å²) < 4.78 is 0. The number of rotatable bonds is 3. The number of benzene rings is 2. The SMILES string of the molecule is CC(/C=C1\SC(=Nc2ccc(C)cc2O)N(C)C1=O)=C\c1ccccc1. The second-order valence-corrected chi connectivity index (χ2v) is 7.17. The lowest BCUT2D eigenvalue weighted by molar-refractivity contribution is -0.121. The van der Waals surface area contributed by atoms with Crippen molar-refractivity contribution in [2.45, 2.75) is 13.8 Å². The number of amides is 1. The molecule has 0 radical (unpaired) electrons. The number of carbonyl (C=O) groups is 1. The van der Waals surface area contributed by atoms with Crippen LogP contribution >= 0.6 is 11.8 Å². The molecule has 26 heavy (non-hydrogen) atoms. The summed E-state index contributed by atoms with van der Waals surface area (Å²) in [5, 5.41) is 10.6. The molecule has 1 saturated heterocycles. The van der Waals surface area contributed by atoms with Crippen molar-refractivity contribution in [2.75, 3.05) is 7.05 Å². The van der Waals surface area contributed by atoms with Crippen molar-refractivity contribution in [2.24, 2.45) is 4.99 Å². The summed E-state index contributed by atoms with van der Waals surface area (Å²) in [6, 6.07) is 15.3. The number of thioether (sulfide) groups is 1. The fourth-order valence-electron chi connectivity index (χ4n) is 2.54. The average Bonchev–Trinajstić information content (AvgIpc) is 2.86. The second kappa shape index (κ2) is 7.62. The molecule has 0 spiro atoms. The van der Waals surface area contributed by atoms with E-state index in [0.717, 1.165) is 16.7 Å². The van der Waals surface area contributed by atoms with Gasteiger partial charge in [0.1, 0.15) is 11.4 Å². The minimum absolute atomic E-state index is 0.0961. The highest BCUT2D eigenvalue weighted by Crippen LogP contribution is 2.35. The quantitative estimate of drug-likeness (QED) is 0.790. The Bertz CT molecular complexity index is 930. The largest absolute Gasteiger partial charge is 0.506 e. The molecule has 1 N–H and O–H groups in total. The van der Waals surface area contributed by atoms with Gasteiger partial charge >= 0.3 is 0 Å². The average molecular weight is 364 g/mol. The Kier molecular flexibility index (Phi) is 5.28. The first-order valence-corrected chi connectivity index (χ1v) is 9.05. The highest BCUT2D eigenvalue weighted by atomic mass is 32.2. The Hall–Kier alpha value is -2.79. The van der Waals surface area contributed by atoms with E-state index in [9.17, 15) is 9.90 Å². The van der Waals surface area contributed by atoms with E-state index in [1.165, 1.54) is 16.7 Å². The van der Waals surface area contributed by atoms with Crippen LogP contribution in [-0.2, 0) is 4.79 Å². The van der Waals surface area contributed by atoms with Gasteiger partial charge < -0.3 is 5.11 Å². The summed E-state index contributed by atoms with van der Waals surface area (Å²) >= 11 is 1.31. The van der Waals surface area contributed by atoms with Crippen LogP contribution in [0, 0.1) is 6.92 Å².